The van der Waals surface area contributed by atoms with E-state index in [1.165, 1.54) is 12.1 Å². The molecule has 1 aliphatic carbocycles. The summed E-state index contributed by atoms with van der Waals surface area (Å²) < 4.78 is 18.7. The molecular formula is C17H20FNO4. The van der Waals surface area contributed by atoms with Gasteiger partial charge in [0.1, 0.15) is 12.7 Å². The van der Waals surface area contributed by atoms with E-state index >= 15 is 0 Å². The van der Waals surface area contributed by atoms with E-state index in [1.807, 2.05) is 0 Å². The number of benzene rings is 1. The summed E-state index contributed by atoms with van der Waals surface area (Å²) in [6.45, 7) is -0.279. The normalized spacial score (nSPS) is 21.2. The molecule has 1 aliphatic heterocycles. The Labute approximate surface area is 134 Å². The fraction of sp³-hybridized carbons (Fsp3) is 0.529. The number of hydrogen-bond acceptors (Lipinski definition) is 4. The van der Waals surface area contributed by atoms with Crippen molar-refractivity contribution in [1.29, 1.82) is 0 Å². The van der Waals surface area contributed by atoms with E-state index in [1.54, 1.807) is 12.1 Å². The first-order valence-electron chi connectivity index (χ1n) is 7.92. The number of amides is 2. The Kier molecular flexibility index (Phi) is 4.35. The number of aliphatic hydroxyl groups excluding tert-OH is 1. The minimum absolute atomic E-state index is 0.0397. The topological polar surface area (TPSA) is 66.8 Å². The predicted molar refractivity (Wildman–Crippen MR) is 80.1 cm³/mol. The van der Waals surface area contributed by atoms with Crippen LogP contribution in [0.5, 0.6) is 5.75 Å². The minimum atomic E-state index is -1.04. The molecule has 0 unspecified atom stereocenters. The molecule has 1 atom stereocenters. The summed E-state index contributed by atoms with van der Waals surface area (Å²) in [6.07, 6.45) is 2.62. The third-order valence-corrected chi connectivity index (χ3v) is 4.71. The molecule has 1 saturated heterocycles. The second kappa shape index (κ2) is 6.28. The zero-order valence-electron chi connectivity index (χ0n) is 12.8. The molecule has 0 radical (unpaired) electrons. The van der Waals surface area contributed by atoms with Crippen molar-refractivity contribution in [3.63, 3.8) is 0 Å². The quantitative estimate of drug-likeness (QED) is 0.841. The number of nitrogens with zero attached hydrogens (tertiary/aromatic N) is 1. The molecule has 3 rings (SSSR count). The van der Waals surface area contributed by atoms with Gasteiger partial charge in [0.25, 0.3) is 0 Å². The van der Waals surface area contributed by atoms with Crippen molar-refractivity contribution in [2.75, 3.05) is 13.2 Å². The monoisotopic (exact) mass is 321 g/mol. The van der Waals surface area contributed by atoms with E-state index in [4.69, 9.17) is 4.74 Å². The molecule has 6 heteroatoms. The smallest absolute Gasteiger partial charge is 0.235 e. The highest BCUT2D eigenvalue weighted by atomic mass is 19.1. The Morgan fingerprint density at radius 1 is 1.26 bits per heavy atom. The van der Waals surface area contributed by atoms with Crippen molar-refractivity contribution in [3.05, 3.63) is 30.1 Å². The molecule has 1 aromatic rings. The number of ether oxygens (including phenoxy) is 1. The predicted octanol–water partition coefficient (Wildman–Crippen LogP) is 1.88. The summed E-state index contributed by atoms with van der Waals surface area (Å²) in [5.74, 6) is -0.886. The van der Waals surface area contributed by atoms with E-state index in [9.17, 15) is 19.1 Å². The van der Waals surface area contributed by atoms with Crippen LogP contribution in [0.25, 0.3) is 0 Å². The lowest BCUT2D eigenvalue weighted by molar-refractivity contribution is -0.143. The maximum atomic E-state index is 13.4. The lowest BCUT2D eigenvalue weighted by Crippen LogP contribution is -2.41. The summed E-state index contributed by atoms with van der Waals surface area (Å²) in [4.78, 5) is 25.7. The van der Waals surface area contributed by atoms with E-state index in [0.29, 0.717) is 0 Å². The maximum absolute atomic E-state index is 13.4. The van der Waals surface area contributed by atoms with Gasteiger partial charge in [-0.2, -0.15) is 0 Å². The zero-order chi connectivity index (χ0) is 16.4. The van der Waals surface area contributed by atoms with Crippen LogP contribution in [0.2, 0.25) is 0 Å². The molecule has 1 saturated carbocycles. The molecule has 124 valence electrons. The number of carbonyl (C=O) groups is 2. The molecule has 0 bridgehead atoms. The Balaban J connectivity index is 1.57. The molecule has 2 aliphatic rings. The van der Waals surface area contributed by atoms with Crippen LogP contribution in [-0.4, -0.2) is 41.1 Å². The van der Waals surface area contributed by atoms with Crippen LogP contribution in [0.3, 0.4) is 0 Å². The first-order chi connectivity index (χ1) is 11.0. The Bertz CT molecular complexity index is 612. The lowest BCUT2D eigenvalue weighted by Gasteiger charge is -2.23. The average Bonchev–Trinajstić information content (AvgIpc) is 3.08. The SMILES string of the molecule is O=C1CC2(CCCC2)C(=O)N1C[C@@H](O)COc1ccccc1F. The van der Waals surface area contributed by atoms with Gasteiger partial charge in [-0.1, -0.05) is 25.0 Å². The van der Waals surface area contributed by atoms with Gasteiger partial charge in [-0.25, -0.2) is 4.39 Å². The van der Waals surface area contributed by atoms with Crippen molar-refractivity contribution >= 4 is 11.8 Å². The number of imide groups is 1. The van der Waals surface area contributed by atoms with Gasteiger partial charge >= 0.3 is 0 Å². The van der Waals surface area contributed by atoms with Gasteiger partial charge in [0.2, 0.25) is 11.8 Å². The van der Waals surface area contributed by atoms with Crippen molar-refractivity contribution in [3.8, 4) is 5.75 Å². The summed E-state index contributed by atoms with van der Waals surface area (Å²) in [5.41, 5.74) is -0.538. The molecule has 2 fully saturated rings. The van der Waals surface area contributed by atoms with E-state index < -0.39 is 17.3 Å². The molecule has 1 heterocycles. The van der Waals surface area contributed by atoms with Gasteiger partial charge in [-0.05, 0) is 25.0 Å². The van der Waals surface area contributed by atoms with Crippen LogP contribution in [0.1, 0.15) is 32.1 Å². The molecule has 23 heavy (non-hydrogen) atoms. The highest BCUT2D eigenvalue weighted by Crippen LogP contribution is 2.46. The van der Waals surface area contributed by atoms with Crippen LogP contribution in [0, 0.1) is 11.2 Å². The summed E-state index contributed by atoms with van der Waals surface area (Å²) >= 11 is 0. The fourth-order valence-corrected chi connectivity index (χ4v) is 3.50. The first-order valence-corrected chi connectivity index (χ1v) is 7.92. The number of β-amino-alcohol motifs (C(OH)–C–C–N with tert-alkyl or cyclic N) is 1. The van der Waals surface area contributed by atoms with Crippen LogP contribution >= 0.6 is 0 Å². The molecule has 2 amide bonds. The average molecular weight is 321 g/mol. The van der Waals surface area contributed by atoms with Gasteiger partial charge in [0, 0.05) is 6.42 Å². The molecule has 5 nitrogen and oxygen atoms in total. The molecule has 1 N–H and O–H groups in total. The summed E-state index contributed by atoms with van der Waals surface area (Å²) in [5, 5.41) is 10.0. The first kappa shape index (κ1) is 15.9. The van der Waals surface area contributed by atoms with Crippen molar-refractivity contribution in [1.82, 2.24) is 4.90 Å². The molecule has 1 spiro atoms. The van der Waals surface area contributed by atoms with E-state index in [-0.39, 0.29) is 37.1 Å². The maximum Gasteiger partial charge on any atom is 0.235 e. The number of aliphatic hydroxyl groups is 1. The standard InChI is InChI=1S/C17H20FNO4/c18-13-5-1-2-6-14(13)23-11-12(20)10-19-15(21)9-17(16(19)22)7-3-4-8-17/h1-2,5-6,12,20H,3-4,7-11H2/t12-/m1/s1. The molecular weight excluding hydrogens is 301 g/mol. The number of carbonyl (C=O) groups excluding carboxylic acids is 2. The summed E-state index contributed by atoms with van der Waals surface area (Å²) in [6, 6.07) is 5.89. The highest BCUT2D eigenvalue weighted by molar-refractivity contribution is 6.06. The van der Waals surface area contributed by atoms with Crippen LogP contribution in [0.4, 0.5) is 4.39 Å². The number of rotatable bonds is 5. The van der Waals surface area contributed by atoms with Crippen LogP contribution < -0.4 is 4.74 Å². The second-order valence-electron chi connectivity index (χ2n) is 6.37. The largest absolute Gasteiger partial charge is 0.488 e. The van der Waals surface area contributed by atoms with Gasteiger partial charge in [0.05, 0.1) is 12.0 Å². The Hall–Kier alpha value is -1.95. The third-order valence-electron chi connectivity index (χ3n) is 4.71. The number of halogens is 1. The highest BCUT2D eigenvalue weighted by Gasteiger charge is 2.52. The number of para-hydroxylation sites is 1. The molecule has 1 aromatic carbocycles. The van der Waals surface area contributed by atoms with Crippen LogP contribution in [-0.2, 0) is 9.59 Å². The van der Waals surface area contributed by atoms with Gasteiger partial charge in [-0.3, -0.25) is 14.5 Å². The Morgan fingerprint density at radius 2 is 1.96 bits per heavy atom. The second-order valence-corrected chi connectivity index (χ2v) is 6.37. The van der Waals surface area contributed by atoms with Gasteiger partial charge in [-0.15, -0.1) is 0 Å². The lowest BCUT2D eigenvalue weighted by atomic mass is 9.84. The number of hydrogen-bond donors (Lipinski definition) is 1. The third kappa shape index (κ3) is 3.08. The van der Waals surface area contributed by atoms with E-state index in [2.05, 4.69) is 0 Å². The van der Waals surface area contributed by atoms with Crippen LogP contribution in [0.15, 0.2) is 24.3 Å². The number of likely N-dealkylation sites (tertiary alicyclic amines) is 1. The minimum Gasteiger partial charge on any atom is -0.488 e. The van der Waals surface area contributed by atoms with Gasteiger partial charge < -0.3 is 9.84 Å². The fourth-order valence-electron chi connectivity index (χ4n) is 3.50. The summed E-state index contributed by atoms with van der Waals surface area (Å²) in [7, 11) is 0. The Morgan fingerprint density at radius 3 is 2.65 bits per heavy atom. The van der Waals surface area contributed by atoms with E-state index in [0.717, 1.165) is 30.6 Å². The van der Waals surface area contributed by atoms with Crippen molar-refractivity contribution in [2.45, 2.75) is 38.2 Å². The van der Waals surface area contributed by atoms with Gasteiger partial charge in [0.15, 0.2) is 11.6 Å². The van der Waals surface area contributed by atoms with Crippen molar-refractivity contribution < 1.29 is 23.8 Å². The molecule has 0 aromatic heterocycles. The van der Waals surface area contributed by atoms with Crippen molar-refractivity contribution in [2.24, 2.45) is 5.41 Å². The zero-order valence-corrected chi connectivity index (χ0v) is 12.8.